The monoisotopic (exact) mass is 374 g/mol. The lowest BCUT2D eigenvalue weighted by Gasteiger charge is -2.25. The Labute approximate surface area is 166 Å². The molecule has 1 unspecified atom stereocenters. The Bertz CT molecular complexity index is 964. The first-order chi connectivity index (χ1) is 13.6. The summed E-state index contributed by atoms with van der Waals surface area (Å²) in [5.74, 6) is -0.146. The predicted octanol–water partition coefficient (Wildman–Crippen LogP) is 3.62. The smallest absolute Gasteiger partial charge is 0.244 e. The van der Waals surface area contributed by atoms with Gasteiger partial charge in [0.15, 0.2) is 0 Å². The number of benzene rings is 2. The molecule has 0 saturated heterocycles. The molecule has 5 nitrogen and oxygen atoms in total. The third-order valence-corrected chi connectivity index (χ3v) is 4.74. The standard InChI is InChI=1S/C23H26N4O/c1-4-17-9-11-18(12-10-17)22(27(2)3)16-25-23(28)14-13-19-15-24-20-7-5-6-8-21(20)26-19/h5-15,22H,4,16H2,1-3H3,(H,25,28)/b14-13+. The van der Waals surface area contributed by atoms with E-state index in [2.05, 4.69) is 51.4 Å². The third kappa shape index (κ3) is 5.02. The van der Waals surface area contributed by atoms with Gasteiger partial charge in [0, 0.05) is 12.6 Å². The molecule has 2 aromatic carbocycles. The SMILES string of the molecule is CCc1ccc(C(CNC(=O)/C=C/c2cnc3ccccc3n2)N(C)C)cc1. The van der Waals surface area contributed by atoms with Crippen LogP contribution >= 0.6 is 0 Å². The van der Waals surface area contributed by atoms with Crippen molar-refractivity contribution >= 4 is 23.0 Å². The van der Waals surface area contributed by atoms with Crippen molar-refractivity contribution in [1.82, 2.24) is 20.2 Å². The highest BCUT2D eigenvalue weighted by Gasteiger charge is 2.14. The van der Waals surface area contributed by atoms with E-state index in [0.29, 0.717) is 12.2 Å². The number of aryl methyl sites for hydroxylation is 1. The van der Waals surface area contributed by atoms with Crippen molar-refractivity contribution in [2.24, 2.45) is 0 Å². The maximum absolute atomic E-state index is 12.3. The zero-order valence-corrected chi connectivity index (χ0v) is 16.6. The second-order valence-electron chi connectivity index (χ2n) is 6.94. The molecule has 0 radical (unpaired) electrons. The molecule has 0 aliphatic heterocycles. The van der Waals surface area contributed by atoms with Crippen molar-refractivity contribution in [3.8, 4) is 0 Å². The third-order valence-electron chi connectivity index (χ3n) is 4.74. The minimum absolute atomic E-state index is 0.115. The number of rotatable bonds is 7. The van der Waals surface area contributed by atoms with Gasteiger partial charge in [-0.05, 0) is 49.9 Å². The van der Waals surface area contributed by atoms with Gasteiger partial charge in [-0.2, -0.15) is 0 Å². The molecule has 28 heavy (non-hydrogen) atoms. The molecule has 1 amide bonds. The fourth-order valence-electron chi connectivity index (χ4n) is 3.04. The molecule has 5 heteroatoms. The number of carbonyl (C=O) groups is 1. The highest BCUT2D eigenvalue weighted by molar-refractivity contribution is 5.91. The Balaban J connectivity index is 1.62. The van der Waals surface area contributed by atoms with Crippen LogP contribution in [-0.4, -0.2) is 41.4 Å². The topological polar surface area (TPSA) is 58.1 Å². The van der Waals surface area contributed by atoms with Crippen LogP contribution in [0.2, 0.25) is 0 Å². The van der Waals surface area contributed by atoms with Crippen LogP contribution in [0.4, 0.5) is 0 Å². The molecule has 1 N–H and O–H groups in total. The number of amides is 1. The fraction of sp³-hybridized carbons (Fsp3) is 0.261. The summed E-state index contributed by atoms with van der Waals surface area (Å²) in [5, 5.41) is 2.98. The highest BCUT2D eigenvalue weighted by Crippen LogP contribution is 2.18. The first-order valence-corrected chi connectivity index (χ1v) is 9.49. The summed E-state index contributed by atoms with van der Waals surface area (Å²) in [6.45, 7) is 2.68. The molecular weight excluding hydrogens is 348 g/mol. The predicted molar refractivity (Wildman–Crippen MR) is 114 cm³/mol. The Morgan fingerprint density at radius 2 is 1.82 bits per heavy atom. The van der Waals surface area contributed by atoms with Gasteiger partial charge in [-0.3, -0.25) is 9.78 Å². The molecule has 1 heterocycles. The van der Waals surface area contributed by atoms with Crippen molar-refractivity contribution in [2.75, 3.05) is 20.6 Å². The summed E-state index contributed by atoms with van der Waals surface area (Å²) >= 11 is 0. The lowest BCUT2D eigenvalue weighted by atomic mass is 10.0. The van der Waals surface area contributed by atoms with E-state index in [1.165, 1.54) is 17.2 Å². The fourth-order valence-corrected chi connectivity index (χ4v) is 3.04. The van der Waals surface area contributed by atoms with Gasteiger partial charge in [-0.1, -0.05) is 43.3 Å². The molecule has 144 valence electrons. The average molecular weight is 374 g/mol. The molecule has 1 aromatic heterocycles. The van der Waals surface area contributed by atoms with Crippen molar-refractivity contribution in [3.05, 3.63) is 77.6 Å². The van der Waals surface area contributed by atoms with Crippen LogP contribution in [-0.2, 0) is 11.2 Å². The number of hydrogen-bond donors (Lipinski definition) is 1. The number of para-hydroxylation sites is 2. The van der Waals surface area contributed by atoms with Gasteiger partial charge in [-0.25, -0.2) is 4.98 Å². The van der Waals surface area contributed by atoms with Crippen LogP contribution in [0.1, 0.15) is 29.8 Å². The number of likely N-dealkylation sites (N-methyl/N-ethyl adjacent to an activating group) is 1. The van der Waals surface area contributed by atoms with Crippen LogP contribution in [0, 0.1) is 0 Å². The molecule has 0 saturated carbocycles. The van der Waals surface area contributed by atoms with E-state index >= 15 is 0 Å². The second-order valence-corrected chi connectivity index (χ2v) is 6.94. The summed E-state index contributed by atoms with van der Waals surface area (Å²) in [5.41, 5.74) is 4.81. The molecule has 0 bridgehead atoms. The summed E-state index contributed by atoms with van der Waals surface area (Å²) < 4.78 is 0. The number of aromatic nitrogens is 2. The van der Waals surface area contributed by atoms with Crippen molar-refractivity contribution in [1.29, 1.82) is 0 Å². The molecule has 1 atom stereocenters. The minimum Gasteiger partial charge on any atom is -0.351 e. The lowest BCUT2D eigenvalue weighted by molar-refractivity contribution is -0.116. The van der Waals surface area contributed by atoms with E-state index in [0.717, 1.165) is 17.5 Å². The number of carbonyl (C=O) groups excluding carboxylic acids is 1. The van der Waals surface area contributed by atoms with Crippen molar-refractivity contribution < 1.29 is 4.79 Å². The molecular formula is C23H26N4O. The quantitative estimate of drug-likeness (QED) is 0.642. The van der Waals surface area contributed by atoms with Crippen molar-refractivity contribution in [2.45, 2.75) is 19.4 Å². The van der Waals surface area contributed by atoms with Gasteiger partial charge in [0.05, 0.1) is 29.0 Å². The first-order valence-electron chi connectivity index (χ1n) is 9.49. The Kier molecular flexibility index (Phi) is 6.50. The van der Waals surface area contributed by atoms with Crippen LogP contribution in [0.5, 0.6) is 0 Å². The Hall–Kier alpha value is -3.05. The van der Waals surface area contributed by atoms with E-state index < -0.39 is 0 Å². The largest absolute Gasteiger partial charge is 0.351 e. The summed E-state index contributed by atoms with van der Waals surface area (Å²) in [7, 11) is 4.04. The summed E-state index contributed by atoms with van der Waals surface area (Å²) in [6.07, 6.45) is 5.89. The minimum atomic E-state index is -0.146. The van der Waals surface area contributed by atoms with Crippen LogP contribution in [0.15, 0.2) is 60.8 Å². The van der Waals surface area contributed by atoms with E-state index in [-0.39, 0.29) is 11.9 Å². The van der Waals surface area contributed by atoms with Gasteiger partial charge >= 0.3 is 0 Å². The van der Waals surface area contributed by atoms with E-state index in [1.807, 2.05) is 38.4 Å². The number of nitrogens with zero attached hydrogens (tertiary/aromatic N) is 3. The van der Waals surface area contributed by atoms with Crippen molar-refractivity contribution in [3.63, 3.8) is 0 Å². The molecule has 0 spiro atoms. The highest BCUT2D eigenvalue weighted by atomic mass is 16.1. The van der Waals surface area contributed by atoms with E-state index in [1.54, 1.807) is 12.3 Å². The molecule has 0 aliphatic rings. The van der Waals surface area contributed by atoms with Crippen LogP contribution in [0.3, 0.4) is 0 Å². The van der Waals surface area contributed by atoms with Crippen LogP contribution < -0.4 is 5.32 Å². The summed E-state index contributed by atoms with van der Waals surface area (Å²) in [4.78, 5) is 23.2. The zero-order valence-electron chi connectivity index (χ0n) is 16.6. The normalized spacial score (nSPS) is 12.6. The molecule has 0 fully saturated rings. The first kappa shape index (κ1) is 19.7. The maximum atomic E-state index is 12.3. The zero-order chi connectivity index (χ0) is 19.9. The van der Waals surface area contributed by atoms with E-state index in [4.69, 9.17) is 0 Å². The molecule has 0 aliphatic carbocycles. The number of hydrogen-bond acceptors (Lipinski definition) is 4. The Morgan fingerprint density at radius 1 is 1.11 bits per heavy atom. The molecule has 3 rings (SSSR count). The number of fused-ring (bicyclic) bond motifs is 1. The van der Waals surface area contributed by atoms with Crippen LogP contribution in [0.25, 0.3) is 17.1 Å². The van der Waals surface area contributed by atoms with Gasteiger partial charge in [-0.15, -0.1) is 0 Å². The average Bonchev–Trinajstić information content (AvgIpc) is 2.72. The Morgan fingerprint density at radius 3 is 2.50 bits per heavy atom. The van der Waals surface area contributed by atoms with Gasteiger partial charge in [0.2, 0.25) is 5.91 Å². The van der Waals surface area contributed by atoms with Gasteiger partial charge < -0.3 is 10.2 Å². The maximum Gasteiger partial charge on any atom is 0.244 e. The molecule has 3 aromatic rings. The van der Waals surface area contributed by atoms with Gasteiger partial charge in [0.1, 0.15) is 0 Å². The number of nitrogens with one attached hydrogen (secondary N) is 1. The van der Waals surface area contributed by atoms with Gasteiger partial charge in [0.25, 0.3) is 0 Å². The summed E-state index contributed by atoms with van der Waals surface area (Å²) in [6, 6.07) is 16.3. The lowest BCUT2D eigenvalue weighted by Crippen LogP contribution is -2.33. The second kappa shape index (κ2) is 9.24. The van der Waals surface area contributed by atoms with E-state index in [9.17, 15) is 4.79 Å².